The zero-order valence-corrected chi connectivity index (χ0v) is 21.4. The molecule has 2 N–H and O–H groups in total. The molecule has 4 aromatic carbocycles. The van der Waals surface area contributed by atoms with Crippen LogP contribution in [0.1, 0.15) is 40.7 Å². The average Bonchev–Trinajstić information content (AvgIpc) is 2.92. The van der Waals surface area contributed by atoms with Crippen LogP contribution in [0.4, 0.5) is 4.39 Å². The zero-order chi connectivity index (χ0) is 27.6. The predicted octanol–water partition coefficient (Wildman–Crippen LogP) is 7.24. The maximum Gasteiger partial charge on any atom is 0.335 e. The third-order valence-electron chi connectivity index (χ3n) is 6.29. The van der Waals surface area contributed by atoms with Crippen LogP contribution in [-0.2, 0) is 17.9 Å². The number of unbranched alkanes of at least 4 members (excludes halogenated alkanes) is 1. The molecule has 0 aliphatic heterocycles. The summed E-state index contributed by atoms with van der Waals surface area (Å²) < 4.78 is 19.3. The van der Waals surface area contributed by atoms with E-state index in [1.165, 1.54) is 12.1 Å². The van der Waals surface area contributed by atoms with E-state index in [9.17, 15) is 14.0 Å². The van der Waals surface area contributed by atoms with Crippen molar-refractivity contribution >= 4 is 11.9 Å². The molecule has 0 heterocycles. The van der Waals surface area contributed by atoms with Crippen LogP contribution in [0, 0.1) is 5.82 Å². The molecule has 0 aliphatic carbocycles. The Hall–Kier alpha value is -4.49. The molecule has 0 unspecified atom stereocenters. The summed E-state index contributed by atoms with van der Waals surface area (Å²) in [7, 11) is 0. The predicted molar refractivity (Wildman–Crippen MR) is 147 cm³/mol. The van der Waals surface area contributed by atoms with Gasteiger partial charge in [0, 0.05) is 19.5 Å². The van der Waals surface area contributed by atoms with E-state index in [1.807, 2.05) is 60.7 Å². The van der Waals surface area contributed by atoms with Gasteiger partial charge in [-0.3, -0.25) is 9.69 Å². The van der Waals surface area contributed by atoms with E-state index < -0.39 is 11.9 Å². The fraction of sp³-hybridized carbons (Fsp3) is 0.188. The van der Waals surface area contributed by atoms with Gasteiger partial charge in [0.15, 0.2) is 0 Å². The lowest BCUT2D eigenvalue weighted by atomic mass is 10.1. The second-order valence-corrected chi connectivity index (χ2v) is 9.34. The molecule has 0 saturated heterocycles. The fourth-order valence-electron chi connectivity index (χ4n) is 4.30. The first kappa shape index (κ1) is 27.5. The van der Waals surface area contributed by atoms with Crippen molar-refractivity contribution in [2.75, 3.05) is 6.54 Å². The van der Waals surface area contributed by atoms with E-state index in [-0.39, 0.29) is 17.8 Å². The van der Waals surface area contributed by atoms with Gasteiger partial charge in [-0.1, -0.05) is 48.5 Å². The van der Waals surface area contributed by atoms with Crippen molar-refractivity contribution in [2.45, 2.75) is 32.4 Å². The van der Waals surface area contributed by atoms with Crippen LogP contribution >= 0.6 is 0 Å². The van der Waals surface area contributed by atoms with Crippen molar-refractivity contribution in [1.82, 2.24) is 4.90 Å². The molecule has 0 aliphatic rings. The van der Waals surface area contributed by atoms with Crippen LogP contribution in [-0.4, -0.2) is 33.6 Å². The molecule has 4 aromatic rings. The van der Waals surface area contributed by atoms with Gasteiger partial charge in [-0.2, -0.15) is 0 Å². The molecule has 39 heavy (non-hydrogen) atoms. The number of hydrogen-bond acceptors (Lipinski definition) is 4. The van der Waals surface area contributed by atoms with Crippen molar-refractivity contribution in [2.24, 2.45) is 0 Å². The Bertz CT molecular complexity index is 1390. The largest absolute Gasteiger partial charge is 0.481 e. The third kappa shape index (κ3) is 8.51. The number of carbonyl (C=O) groups is 2. The molecule has 6 nitrogen and oxygen atoms in total. The van der Waals surface area contributed by atoms with Gasteiger partial charge in [-0.25, -0.2) is 9.18 Å². The first-order chi connectivity index (χ1) is 18.9. The van der Waals surface area contributed by atoms with Gasteiger partial charge in [-0.05, 0) is 90.2 Å². The smallest absolute Gasteiger partial charge is 0.335 e. The van der Waals surface area contributed by atoms with Crippen molar-refractivity contribution < 1.29 is 28.9 Å². The number of ether oxygens (including phenoxy) is 1. The Balaban J connectivity index is 1.42. The Morgan fingerprint density at radius 2 is 1.36 bits per heavy atom. The highest BCUT2D eigenvalue weighted by atomic mass is 19.1. The monoisotopic (exact) mass is 527 g/mol. The molecule has 7 heteroatoms. The first-order valence-corrected chi connectivity index (χ1v) is 12.7. The SMILES string of the molecule is O=C(O)CCCCN(Cc1ccc(C(=O)O)cc1)Cc1cccc(Oc2ccc(-c3ccc(F)cc3)cc2)c1. The molecule has 0 spiro atoms. The average molecular weight is 528 g/mol. The van der Waals surface area contributed by atoms with Gasteiger partial charge in [-0.15, -0.1) is 0 Å². The quantitative estimate of drug-likeness (QED) is 0.178. The molecule has 0 radical (unpaired) electrons. The molecular formula is C32H30FNO5. The summed E-state index contributed by atoms with van der Waals surface area (Å²) in [5.41, 5.74) is 4.14. The number of rotatable bonds is 13. The molecule has 0 fully saturated rings. The Labute approximate surface area is 226 Å². The number of aliphatic carboxylic acids is 1. The number of carboxylic acid groups (broad SMARTS) is 2. The van der Waals surface area contributed by atoms with Crippen LogP contribution in [0.2, 0.25) is 0 Å². The Morgan fingerprint density at radius 1 is 0.718 bits per heavy atom. The minimum Gasteiger partial charge on any atom is -0.481 e. The van der Waals surface area contributed by atoms with E-state index in [0.29, 0.717) is 37.6 Å². The summed E-state index contributed by atoms with van der Waals surface area (Å²) in [5.74, 6) is -0.662. The molecule has 0 aromatic heterocycles. The number of aromatic carboxylic acids is 1. The number of carboxylic acids is 2. The second kappa shape index (κ2) is 13.3. The molecule has 0 saturated carbocycles. The lowest BCUT2D eigenvalue weighted by molar-refractivity contribution is -0.137. The number of halogens is 1. The number of benzene rings is 4. The molecule has 0 bridgehead atoms. The highest BCUT2D eigenvalue weighted by Gasteiger charge is 2.11. The normalized spacial score (nSPS) is 10.9. The minimum absolute atomic E-state index is 0.129. The molecule has 0 amide bonds. The Morgan fingerprint density at radius 3 is 2.00 bits per heavy atom. The summed E-state index contributed by atoms with van der Waals surface area (Å²) in [6.45, 7) is 1.92. The molecule has 4 rings (SSSR count). The number of nitrogens with zero attached hydrogens (tertiary/aromatic N) is 1. The van der Waals surface area contributed by atoms with Crippen molar-refractivity contribution in [1.29, 1.82) is 0 Å². The van der Waals surface area contributed by atoms with Crippen molar-refractivity contribution in [3.8, 4) is 22.6 Å². The Kier molecular flexibility index (Phi) is 9.43. The van der Waals surface area contributed by atoms with Crippen LogP contribution in [0.5, 0.6) is 11.5 Å². The second-order valence-electron chi connectivity index (χ2n) is 9.34. The van der Waals surface area contributed by atoms with Crippen LogP contribution in [0.3, 0.4) is 0 Å². The summed E-state index contributed by atoms with van der Waals surface area (Å²) in [4.78, 5) is 24.3. The van der Waals surface area contributed by atoms with E-state index in [4.69, 9.17) is 14.9 Å². The van der Waals surface area contributed by atoms with Crippen molar-refractivity contribution in [3.05, 3.63) is 120 Å². The van der Waals surface area contributed by atoms with Gasteiger partial charge in [0.05, 0.1) is 5.56 Å². The van der Waals surface area contributed by atoms with E-state index in [0.717, 1.165) is 28.7 Å². The maximum atomic E-state index is 13.2. The first-order valence-electron chi connectivity index (χ1n) is 12.7. The molecule has 200 valence electrons. The van der Waals surface area contributed by atoms with Crippen LogP contribution in [0.25, 0.3) is 11.1 Å². The van der Waals surface area contributed by atoms with Crippen molar-refractivity contribution in [3.63, 3.8) is 0 Å². The van der Waals surface area contributed by atoms with E-state index in [2.05, 4.69) is 4.90 Å². The molecular weight excluding hydrogens is 497 g/mol. The summed E-state index contributed by atoms with van der Waals surface area (Å²) in [6.07, 6.45) is 1.45. The number of hydrogen-bond donors (Lipinski definition) is 2. The van der Waals surface area contributed by atoms with Gasteiger partial charge < -0.3 is 14.9 Å². The van der Waals surface area contributed by atoms with E-state index in [1.54, 1.807) is 24.3 Å². The molecule has 0 atom stereocenters. The third-order valence-corrected chi connectivity index (χ3v) is 6.29. The minimum atomic E-state index is -0.964. The lowest BCUT2D eigenvalue weighted by Gasteiger charge is -2.23. The maximum absolute atomic E-state index is 13.2. The fourth-order valence-corrected chi connectivity index (χ4v) is 4.30. The summed E-state index contributed by atoms with van der Waals surface area (Å²) in [6, 6.07) is 28.6. The van der Waals surface area contributed by atoms with Gasteiger partial charge >= 0.3 is 11.9 Å². The highest BCUT2D eigenvalue weighted by molar-refractivity contribution is 5.87. The highest BCUT2D eigenvalue weighted by Crippen LogP contribution is 2.27. The summed E-state index contributed by atoms with van der Waals surface area (Å²) in [5, 5.41) is 18.1. The van der Waals surface area contributed by atoms with Crippen LogP contribution in [0.15, 0.2) is 97.1 Å². The standard InChI is InChI=1S/C32H30FNO5/c33-28-15-11-25(12-16-28)26-13-17-29(18-14-26)39-30-5-3-4-24(20-30)22-34(19-2-1-6-31(35)36)21-23-7-9-27(10-8-23)32(37)38/h3-5,7-18,20H,1-2,6,19,21-22H2,(H,35,36)(H,37,38). The van der Waals surface area contributed by atoms with Gasteiger partial charge in [0.2, 0.25) is 0 Å². The lowest BCUT2D eigenvalue weighted by Crippen LogP contribution is -2.24. The van der Waals surface area contributed by atoms with Gasteiger partial charge in [0.1, 0.15) is 17.3 Å². The zero-order valence-electron chi connectivity index (χ0n) is 21.4. The topological polar surface area (TPSA) is 87.1 Å². The summed E-state index contributed by atoms with van der Waals surface area (Å²) >= 11 is 0. The van der Waals surface area contributed by atoms with Gasteiger partial charge in [0.25, 0.3) is 0 Å². The van der Waals surface area contributed by atoms with E-state index >= 15 is 0 Å². The van der Waals surface area contributed by atoms with Crippen LogP contribution < -0.4 is 4.74 Å².